The second-order valence-corrected chi connectivity index (χ2v) is 6.97. The van der Waals surface area contributed by atoms with Crippen LogP contribution in [0.25, 0.3) is 11.3 Å². The molecule has 20 heavy (non-hydrogen) atoms. The topological polar surface area (TPSA) is 12.9 Å². The monoisotopic (exact) mass is 325 g/mol. The van der Waals surface area contributed by atoms with Crippen molar-refractivity contribution in [2.45, 2.75) is 6.92 Å². The fourth-order valence-electron chi connectivity index (χ4n) is 2.01. The van der Waals surface area contributed by atoms with Gasteiger partial charge in [0.1, 0.15) is 0 Å². The van der Waals surface area contributed by atoms with Gasteiger partial charge in [-0.2, -0.15) is 0 Å². The molecular weight excluding hydrogens is 309 g/mol. The molecule has 1 heterocycles. The minimum atomic E-state index is 0.310. The van der Waals surface area contributed by atoms with Crippen molar-refractivity contribution in [1.29, 1.82) is 0 Å². The summed E-state index contributed by atoms with van der Waals surface area (Å²) in [6.45, 7) is 2.07. The van der Waals surface area contributed by atoms with E-state index in [0.717, 1.165) is 5.69 Å². The van der Waals surface area contributed by atoms with Gasteiger partial charge in [0.15, 0.2) is 0 Å². The van der Waals surface area contributed by atoms with Crippen molar-refractivity contribution in [3.8, 4) is 11.3 Å². The van der Waals surface area contributed by atoms with Gasteiger partial charge in [-0.05, 0) is 0 Å². The standard InChI is InChI=1S/C18H15NSe/c1-14-11-12-17(19-13-14)16-9-5-6-10-18(16)20-15-7-3-2-4-8-15/h2-13H,1H3. The van der Waals surface area contributed by atoms with Crippen LogP contribution in [0, 0.1) is 6.92 Å². The third kappa shape index (κ3) is 2.98. The van der Waals surface area contributed by atoms with Gasteiger partial charge in [-0.25, -0.2) is 0 Å². The summed E-state index contributed by atoms with van der Waals surface area (Å²) in [6.07, 6.45) is 1.93. The number of hydrogen-bond acceptors (Lipinski definition) is 1. The molecule has 0 radical (unpaired) electrons. The molecule has 0 atom stereocenters. The molecule has 0 aliphatic rings. The molecule has 0 aliphatic carbocycles. The Morgan fingerprint density at radius 1 is 0.800 bits per heavy atom. The Labute approximate surface area is 125 Å². The van der Waals surface area contributed by atoms with Gasteiger partial charge in [0, 0.05) is 0 Å². The van der Waals surface area contributed by atoms with Gasteiger partial charge in [0.25, 0.3) is 0 Å². The number of aryl methyl sites for hydroxylation is 1. The van der Waals surface area contributed by atoms with Gasteiger partial charge in [-0.15, -0.1) is 0 Å². The molecule has 0 bridgehead atoms. The molecule has 0 unspecified atom stereocenters. The van der Waals surface area contributed by atoms with Crippen LogP contribution >= 0.6 is 0 Å². The molecular formula is C18H15NSe. The summed E-state index contributed by atoms with van der Waals surface area (Å²) in [4.78, 5) is 4.56. The van der Waals surface area contributed by atoms with E-state index >= 15 is 0 Å². The number of benzene rings is 2. The second-order valence-electron chi connectivity index (χ2n) is 4.63. The van der Waals surface area contributed by atoms with E-state index in [1.54, 1.807) is 0 Å². The molecule has 1 aromatic heterocycles. The summed E-state index contributed by atoms with van der Waals surface area (Å²) in [5, 5.41) is 0. The first-order valence-electron chi connectivity index (χ1n) is 6.58. The van der Waals surface area contributed by atoms with Crippen LogP contribution in [0.3, 0.4) is 0 Å². The molecule has 0 N–H and O–H groups in total. The Bertz CT molecular complexity index is 690. The van der Waals surface area contributed by atoms with Gasteiger partial charge in [0.2, 0.25) is 0 Å². The predicted molar refractivity (Wildman–Crippen MR) is 85.9 cm³/mol. The van der Waals surface area contributed by atoms with E-state index in [1.165, 1.54) is 20.1 Å². The van der Waals surface area contributed by atoms with E-state index in [1.807, 2.05) is 6.20 Å². The fraction of sp³-hybridized carbons (Fsp3) is 0.0556. The van der Waals surface area contributed by atoms with E-state index < -0.39 is 0 Å². The van der Waals surface area contributed by atoms with E-state index in [9.17, 15) is 0 Å². The molecule has 0 spiro atoms. The summed E-state index contributed by atoms with van der Waals surface area (Å²) in [5.41, 5.74) is 3.50. The maximum absolute atomic E-state index is 4.56. The minimum absolute atomic E-state index is 0.310. The van der Waals surface area contributed by atoms with Crippen LogP contribution in [-0.4, -0.2) is 19.9 Å². The van der Waals surface area contributed by atoms with Crippen LogP contribution in [0.4, 0.5) is 0 Å². The number of pyridine rings is 1. The third-order valence-corrected chi connectivity index (χ3v) is 5.32. The third-order valence-electron chi connectivity index (χ3n) is 3.05. The molecule has 2 heteroatoms. The fourth-order valence-corrected chi connectivity index (χ4v) is 4.06. The Kier molecular flexibility index (Phi) is 3.96. The van der Waals surface area contributed by atoms with Crippen molar-refractivity contribution in [1.82, 2.24) is 4.98 Å². The number of rotatable bonds is 3. The molecule has 2 aromatic carbocycles. The average molecular weight is 324 g/mol. The van der Waals surface area contributed by atoms with Gasteiger partial charge in [0.05, 0.1) is 0 Å². The second kappa shape index (κ2) is 6.04. The SMILES string of the molecule is Cc1ccc(-c2ccccc2[Se]c2ccccc2)nc1. The Hall–Kier alpha value is -1.89. The number of aromatic nitrogens is 1. The Balaban J connectivity index is 1.98. The van der Waals surface area contributed by atoms with Crippen molar-refractivity contribution in [3.63, 3.8) is 0 Å². The quantitative estimate of drug-likeness (QED) is 0.675. The summed E-state index contributed by atoms with van der Waals surface area (Å²) < 4.78 is 2.77. The van der Waals surface area contributed by atoms with Gasteiger partial charge < -0.3 is 0 Å². The average Bonchev–Trinajstić information content (AvgIpc) is 2.50. The van der Waals surface area contributed by atoms with Crippen molar-refractivity contribution in [2.75, 3.05) is 0 Å². The summed E-state index contributed by atoms with van der Waals surface area (Å²) >= 11 is 0.310. The summed E-state index contributed by atoms with van der Waals surface area (Å²) in [5.74, 6) is 0. The number of nitrogens with zero attached hydrogens (tertiary/aromatic N) is 1. The van der Waals surface area contributed by atoms with E-state index in [-0.39, 0.29) is 0 Å². The molecule has 98 valence electrons. The first-order chi connectivity index (χ1) is 9.83. The van der Waals surface area contributed by atoms with Crippen LogP contribution in [0.1, 0.15) is 5.56 Å². The first kappa shape index (κ1) is 13.1. The van der Waals surface area contributed by atoms with E-state index in [4.69, 9.17) is 0 Å². The normalized spacial score (nSPS) is 10.4. The number of hydrogen-bond donors (Lipinski definition) is 0. The van der Waals surface area contributed by atoms with Gasteiger partial charge >= 0.3 is 126 Å². The molecule has 3 rings (SSSR count). The zero-order valence-electron chi connectivity index (χ0n) is 11.3. The molecule has 1 nitrogen and oxygen atoms in total. The van der Waals surface area contributed by atoms with Crippen LogP contribution < -0.4 is 8.92 Å². The molecule has 0 fully saturated rings. The van der Waals surface area contributed by atoms with Crippen LogP contribution in [0.15, 0.2) is 72.9 Å². The molecule has 3 aromatic rings. The predicted octanol–water partition coefficient (Wildman–Crippen LogP) is 2.71. The molecule has 0 saturated carbocycles. The van der Waals surface area contributed by atoms with Crippen LogP contribution in [0.5, 0.6) is 0 Å². The van der Waals surface area contributed by atoms with Crippen molar-refractivity contribution >= 4 is 23.9 Å². The van der Waals surface area contributed by atoms with Crippen molar-refractivity contribution in [2.24, 2.45) is 0 Å². The zero-order valence-corrected chi connectivity index (χ0v) is 13.0. The van der Waals surface area contributed by atoms with Crippen molar-refractivity contribution < 1.29 is 0 Å². The van der Waals surface area contributed by atoms with Crippen LogP contribution in [-0.2, 0) is 0 Å². The summed E-state index contributed by atoms with van der Waals surface area (Å²) in [6, 6.07) is 23.4. The molecule has 0 aliphatic heterocycles. The van der Waals surface area contributed by atoms with Crippen molar-refractivity contribution in [3.05, 3.63) is 78.5 Å². The van der Waals surface area contributed by atoms with E-state index in [2.05, 4.69) is 78.6 Å². The van der Waals surface area contributed by atoms with Gasteiger partial charge in [-0.1, -0.05) is 0 Å². The van der Waals surface area contributed by atoms with Crippen LogP contribution in [0.2, 0.25) is 0 Å². The molecule has 0 saturated heterocycles. The Morgan fingerprint density at radius 3 is 2.30 bits per heavy atom. The van der Waals surface area contributed by atoms with E-state index in [0.29, 0.717) is 15.0 Å². The molecule has 0 amide bonds. The summed E-state index contributed by atoms with van der Waals surface area (Å²) in [7, 11) is 0. The maximum atomic E-state index is 4.56. The zero-order chi connectivity index (χ0) is 13.8. The Morgan fingerprint density at radius 2 is 1.55 bits per heavy atom. The first-order valence-corrected chi connectivity index (χ1v) is 8.29. The van der Waals surface area contributed by atoms with Gasteiger partial charge in [-0.3, -0.25) is 0 Å².